The fourth-order valence-corrected chi connectivity index (χ4v) is 1.55. The van der Waals surface area contributed by atoms with Crippen LogP contribution in [0, 0.1) is 0 Å². The maximum absolute atomic E-state index is 11.7. The normalized spacial score (nSPS) is 13.8. The molecule has 0 saturated heterocycles. The summed E-state index contributed by atoms with van der Waals surface area (Å²) in [6.07, 6.45) is 0. The molecule has 0 radical (unpaired) electrons. The number of carbonyl (C=O) groups is 1. The second-order valence-electron chi connectivity index (χ2n) is 4.07. The highest BCUT2D eigenvalue weighted by Crippen LogP contribution is 2.17. The minimum absolute atomic E-state index is 0.105. The number of rotatable bonds is 6. The molecule has 0 fully saturated rings. The zero-order chi connectivity index (χ0) is 13.5. The Labute approximate surface area is 107 Å². The highest BCUT2D eigenvalue weighted by molar-refractivity contribution is 5.82. The number of benzene rings is 1. The van der Waals surface area contributed by atoms with Crippen molar-refractivity contribution in [3.8, 4) is 5.75 Å². The lowest BCUT2D eigenvalue weighted by atomic mass is 10.1. The van der Waals surface area contributed by atoms with Crippen LogP contribution in [0.15, 0.2) is 24.3 Å². The first-order valence-electron chi connectivity index (χ1n) is 5.77. The Morgan fingerprint density at radius 3 is 2.44 bits per heavy atom. The van der Waals surface area contributed by atoms with Gasteiger partial charge in [0.2, 0.25) is 5.91 Å². The molecule has 0 spiro atoms. The molecule has 0 aliphatic heterocycles. The van der Waals surface area contributed by atoms with Gasteiger partial charge in [0.05, 0.1) is 19.8 Å². The van der Waals surface area contributed by atoms with Gasteiger partial charge in [0, 0.05) is 7.11 Å². The van der Waals surface area contributed by atoms with Gasteiger partial charge in [0.25, 0.3) is 0 Å². The molecule has 5 nitrogen and oxygen atoms in total. The van der Waals surface area contributed by atoms with E-state index in [4.69, 9.17) is 15.2 Å². The van der Waals surface area contributed by atoms with Gasteiger partial charge < -0.3 is 20.5 Å². The van der Waals surface area contributed by atoms with Crippen LogP contribution < -0.4 is 15.8 Å². The van der Waals surface area contributed by atoms with Crippen molar-refractivity contribution in [2.45, 2.75) is 19.0 Å². The van der Waals surface area contributed by atoms with Crippen LogP contribution in [0.5, 0.6) is 5.75 Å². The molecular formula is C13H20N2O3. The largest absolute Gasteiger partial charge is 0.497 e. The van der Waals surface area contributed by atoms with E-state index in [1.807, 2.05) is 31.2 Å². The van der Waals surface area contributed by atoms with Gasteiger partial charge in [0.1, 0.15) is 11.8 Å². The number of nitrogens with one attached hydrogen (secondary N) is 1. The molecule has 1 aromatic carbocycles. The number of ether oxygens (including phenoxy) is 2. The minimum Gasteiger partial charge on any atom is -0.497 e. The van der Waals surface area contributed by atoms with E-state index in [1.54, 1.807) is 7.11 Å². The summed E-state index contributed by atoms with van der Waals surface area (Å²) in [5.74, 6) is 0.563. The Balaban J connectivity index is 2.58. The van der Waals surface area contributed by atoms with Crippen molar-refractivity contribution in [1.82, 2.24) is 5.32 Å². The molecular weight excluding hydrogens is 232 g/mol. The van der Waals surface area contributed by atoms with E-state index in [-0.39, 0.29) is 18.6 Å². The number of nitrogens with two attached hydrogens (primary N) is 1. The second kappa shape index (κ2) is 6.98. The van der Waals surface area contributed by atoms with E-state index in [0.717, 1.165) is 11.3 Å². The van der Waals surface area contributed by atoms with Gasteiger partial charge >= 0.3 is 0 Å². The van der Waals surface area contributed by atoms with Gasteiger partial charge in [0.15, 0.2) is 0 Å². The summed E-state index contributed by atoms with van der Waals surface area (Å²) in [5, 5.41) is 2.83. The average Bonchev–Trinajstić information content (AvgIpc) is 2.39. The predicted molar refractivity (Wildman–Crippen MR) is 69.4 cm³/mol. The fourth-order valence-electron chi connectivity index (χ4n) is 1.55. The Kier molecular flexibility index (Phi) is 5.61. The average molecular weight is 252 g/mol. The molecule has 5 heteroatoms. The zero-order valence-electron chi connectivity index (χ0n) is 11.0. The van der Waals surface area contributed by atoms with Crippen molar-refractivity contribution in [2.24, 2.45) is 5.73 Å². The van der Waals surface area contributed by atoms with Gasteiger partial charge in [-0.05, 0) is 24.6 Å². The molecule has 3 N–H and O–H groups in total. The molecule has 1 rings (SSSR count). The molecule has 2 unspecified atom stereocenters. The van der Waals surface area contributed by atoms with Gasteiger partial charge in [-0.15, -0.1) is 0 Å². The summed E-state index contributed by atoms with van der Waals surface area (Å²) in [6.45, 7) is 2.11. The van der Waals surface area contributed by atoms with E-state index in [1.165, 1.54) is 7.11 Å². The number of amides is 1. The van der Waals surface area contributed by atoms with Crippen LogP contribution in [-0.2, 0) is 9.53 Å². The standard InChI is InChI=1S/C13H20N2O3/c1-9(15-13(16)12(14)8-17-2)10-4-6-11(18-3)7-5-10/h4-7,9,12H,8,14H2,1-3H3,(H,15,16). The molecule has 0 aromatic heterocycles. The summed E-state index contributed by atoms with van der Waals surface area (Å²) in [4.78, 5) is 11.7. The third kappa shape index (κ3) is 4.01. The monoisotopic (exact) mass is 252 g/mol. The minimum atomic E-state index is -0.643. The lowest BCUT2D eigenvalue weighted by molar-refractivity contribution is -0.124. The number of hydrogen-bond acceptors (Lipinski definition) is 4. The maximum atomic E-state index is 11.7. The van der Waals surface area contributed by atoms with Crippen LogP contribution in [0.25, 0.3) is 0 Å². The van der Waals surface area contributed by atoms with Crippen LogP contribution in [0.4, 0.5) is 0 Å². The first kappa shape index (κ1) is 14.5. The Hall–Kier alpha value is -1.59. The van der Waals surface area contributed by atoms with Crippen LogP contribution in [-0.4, -0.2) is 32.8 Å². The first-order valence-corrected chi connectivity index (χ1v) is 5.77. The lowest BCUT2D eigenvalue weighted by Gasteiger charge is -2.17. The van der Waals surface area contributed by atoms with Gasteiger partial charge in [-0.1, -0.05) is 12.1 Å². The Morgan fingerprint density at radius 1 is 1.33 bits per heavy atom. The van der Waals surface area contributed by atoms with E-state index in [2.05, 4.69) is 5.32 Å². The van der Waals surface area contributed by atoms with E-state index in [0.29, 0.717) is 0 Å². The molecule has 1 amide bonds. The van der Waals surface area contributed by atoms with Crippen LogP contribution in [0.3, 0.4) is 0 Å². The third-order valence-electron chi connectivity index (χ3n) is 2.66. The van der Waals surface area contributed by atoms with Crippen LogP contribution in [0.1, 0.15) is 18.5 Å². The number of hydrogen-bond donors (Lipinski definition) is 2. The van der Waals surface area contributed by atoms with Gasteiger partial charge in [-0.25, -0.2) is 0 Å². The number of carbonyl (C=O) groups excluding carboxylic acids is 1. The molecule has 100 valence electrons. The SMILES string of the molecule is COCC(N)C(=O)NC(C)c1ccc(OC)cc1. The summed E-state index contributed by atoms with van der Waals surface area (Å²) in [7, 11) is 3.13. The summed E-state index contributed by atoms with van der Waals surface area (Å²) in [6, 6.07) is 6.78. The van der Waals surface area contributed by atoms with Crippen LogP contribution in [0.2, 0.25) is 0 Å². The van der Waals surface area contributed by atoms with E-state index in [9.17, 15) is 4.79 Å². The van der Waals surface area contributed by atoms with Crippen molar-refractivity contribution in [1.29, 1.82) is 0 Å². The van der Waals surface area contributed by atoms with Gasteiger partial charge in [-0.2, -0.15) is 0 Å². The van der Waals surface area contributed by atoms with Crippen molar-refractivity contribution in [3.05, 3.63) is 29.8 Å². The van der Waals surface area contributed by atoms with Crippen molar-refractivity contribution >= 4 is 5.91 Å². The molecule has 18 heavy (non-hydrogen) atoms. The van der Waals surface area contributed by atoms with E-state index >= 15 is 0 Å². The highest BCUT2D eigenvalue weighted by Gasteiger charge is 2.16. The quantitative estimate of drug-likeness (QED) is 0.787. The second-order valence-corrected chi connectivity index (χ2v) is 4.07. The van der Waals surface area contributed by atoms with Crippen LogP contribution >= 0.6 is 0 Å². The maximum Gasteiger partial charge on any atom is 0.239 e. The lowest BCUT2D eigenvalue weighted by Crippen LogP contribution is -2.44. The van der Waals surface area contributed by atoms with Crippen molar-refractivity contribution < 1.29 is 14.3 Å². The van der Waals surface area contributed by atoms with Crippen molar-refractivity contribution in [2.75, 3.05) is 20.8 Å². The summed E-state index contributed by atoms with van der Waals surface area (Å²) >= 11 is 0. The summed E-state index contributed by atoms with van der Waals surface area (Å²) < 4.78 is 9.92. The highest BCUT2D eigenvalue weighted by atomic mass is 16.5. The van der Waals surface area contributed by atoms with Crippen molar-refractivity contribution in [3.63, 3.8) is 0 Å². The molecule has 2 atom stereocenters. The first-order chi connectivity index (χ1) is 8.58. The molecule has 0 heterocycles. The van der Waals surface area contributed by atoms with Gasteiger partial charge in [-0.3, -0.25) is 4.79 Å². The molecule has 0 aliphatic carbocycles. The molecule has 0 aliphatic rings. The third-order valence-corrected chi connectivity index (χ3v) is 2.66. The zero-order valence-corrected chi connectivity index (χ0v) is 11.0. The van der Waals surface area contributed by atoms with E-state index < -0.39 is 6.04 Å². The molecule has 0 bridgehead atoms. The number of methoxy groups -OCH3 is 2. The topological polar surface area (TPSA) is 73.6 Å². The summed E-state index contributed by atoms with van der Waals surface area (Å²) in [5.41, 5.74) is 6.64. The smallest absolute Gasteiger partial charge is 0.239 e. The Bertz CT molecular complexity index is 378. The molecule has 0 saturated carbocycles. The fraction of sp³-hybridized carbons (Fsp3) is 0.462. The predicted octanol–water partition coefficient (Wildman–Crippen LogP) is 0.846. The molecule has 1 aromatic rings. The Morgan fingerprint density at radius 2 is 1.94 bits per heavy atom.